The first-order chi connectivity index (χ1) is 18.6. The van der Waals surface area contributed by atoms with E-state index in [0.29, 0.717) is 16.2 Å². The first kappa shape index (κ1) is 28.1. The Morgan fingerprint density at radius 3 is 2.33 bits per heavy atom. The van der Waals surface area contributed by atoms with Crippen molar-refractivity contribution in [1.29, 1.82) is 0 Å². The van der Waals surface area contributed by atoms with Crippen LogP contribution in [0.1, 0.15) is 30.1 Å². The number of non-ortho nitro benzene ring substituents is 1. The monoisotopic (exact) mass is 584 g/mol. The number of nitro groups is 1. The Hall–Kier alpha value is -3.90. The molecule has 1 unspecified atom stereocenters. The molecule has 1 atom stereocenters. The zero-order chi connectivity index (χ0) is 28.1. The van der Waals surface area contributed by atoms with Gasteiger partial charge < -0.3 is 24.2 Å². The number of benzene rings is 2. The van der Waals surface area contributed by atoms with E-state index in [9.17, 15) is 28.9 Å². The average molecular weight is 585 g/mol. The number of carbonyl (C=O) groups excluding carboxylic acids is 1. The summed E-state index contributed by atoms with van der Waals surface area (Å²) in [5.41, 5.74) is 0.364. The Morgan fingerprint density at radius 2 is 1.74 bits per heavy atom. The molecule has 0 aliphatic heterocycles. The summed E-state index contributed by atoms with van der Waals surface area (Å²) >= 11 is 12.4. The van der Waals surface area contributed by atoms with Gasteiger partial charge in [-0.3, -0.25) is 10.1 Å². The van der Waals surface area contributed by atoms with E-state index in [1.807, 2.05) is 0 Å². The standard InChI is InChI=1S/C25H20Cl2F2N2O8/c26-19-11-30(33)12-20(27)18(19)10-22(39-25(32)37-17-6-4-16(5-7-17)31(34)35)15-3-8-21(38-24(28)29)23(9-15)36-13-14-1-2-14/h3-9,11-12,14,22,24H,1-2,10,13H2. The number of aromatic nitrogens is 1. The molecule has 206 valence electrons. The number of pyridine rings is 1. The van der Waals surface area contributed by atoms with E-state index in [1.54, 1.807) is 0 Å². The van der Waals surface area contributed by atoms with Crippen molar-refractivity contribution in [3.8, 4) is 17.2 Å². The van der Waals surface area contributed by atoms with Gasteiger partial charge in [0, 0.05) is 24.1 Å². The van der Waals surface area contributed by atoms with Crippen LogP contribution in [0.3, 0.4) is 0 Å². The Bertz CT molecular complexity index is 1330. The molecular formula is C25H20Cl2F2N2O8. The van der Waals surface area contributed by atoms with Gasteiger partial charge in [0.25, 0.3) is 5.69 Å². The molecule has 4 rings (SSSR count). The van der Waals surface area contributed by atoms with Crippen LogP contribution in [0, 0.1) is 21.2 Å². The van der Waals surface area contributed by atoms with Gasteiger partial charge in [0.15, 0.2) is 23.9 Å². The minimum atomic E-state index is -3.09. The zero-order valence-corrected chi connectivity index (χ0v) is 21.4. The quantitative estimate of drug-likeness (QED) is 0.0630. The van der Waals surface area contributed by atoms with Crippen LogP contribution in [0.5, 0.6) is 17.2 Å². The van der Waals surface area contributed by atoms with Gasteiger partial charge in [-0.15, -0.1) is 0 Å². The summed E-state index contributed by atoms with van der Waals surface area (Å²) in [6.07, 6.45) is 1.59. The van der Waals surface area contributed by atoms with E-state index < -0.39 is 23.8 Å². The predicted octanol–water partition coefficient (Wildman–Crippen LogP) is 6.42. The molecule has 1 heterocycles. The molecule has 1 aliphatic carbocycles. The van der Waals surface area contributed by atoms with Gasteiger partial charge >= 0.3 is 12.8 Å². The molecule has 14 heteroatoms. The zero-order valence-electron chi connectivity index (χ0n) is 19.9. The lowest BCUT2D eigenvalue weighted by atomic mass is 10.0. The Balaban J connectivity index is 1.62. The van der Waals surface area contributed by atoms with Crippen LogP contribution < -0.4 is 18.9 Å². The van der Waals surface area contributed by atoms with E-state index in [0.717, 1.165) is 37.4 Å². The second kappa shape index (κ2) is 12.3. The number of rotatable bonds is 11. The van der Waals surface area contributed by atoms with E-state index >= 15 is 0 Å². The molecule has 3 aromatic rings. The van der Waals surface area contributed by atoms with E-state index in [4.69, 9.17) is 37.4 Å². The van der Waals surface area contributed by atoms with Crippen LogP contribution >= 0.6 is 23.2 Å². The first-order valence-corrected chi connectivity index (χ1v) is 12.3. The maximum Gasteiger partial charge on any atom is 0.514 e. The van der Waals surface area contributed by atoms with Crippen molar-refractivity contribution in [3.05, 3.63) is 91.4 Å². The molecule has 0 saturated heterocycles. The second-order valence-electron chi connectivity index (χ2n) is 8.55. The van der Waals surface area contributed by atoms with Crippen molar-refractivity contribution in [2.45, 2.75) is 32.0 Å². The third-order valence-corrected chi connectivity index (χ3v) is 6.31. The molecule has 2 aromatic carbocycles. The summed E-state index contributed by atoms with van der Waals surface area (Å²) in [5, 5.41) is 22.5. The number of nitro benzene ring substituents is 1. The maximum atomic E-state index is 13.0. The lowest BCUT2D eigenvalue weighted by Gasteiger charge is -2.21. The number of hydrogen-bond donors (Lipinski definition) is 0. The molecule has 10 nitrogen and oxygen atoms in total. The Labute approximate surface area is 230 Å². The first-order valence-electron chi connectivity index (χ1n) is 11.5. The number of hydrogen-bond acceptors (Lipinski definition) is 8. The van der Waals surface area contributed by atoms with Gasteiger partial charge in [0.1, 0.15) is 21.9 Å². The van der Waals surface area contributed by atoms with E-state index in [-0.39, 0.29) is 51.6 Å². The van der Waals surface area contributed by atoms with Crippen LogP contribution in [0.25, 0.3) is 0 Å². The largest absolute Gasteiger partial charge is 0.619 e. The highest BCUT2D eigenvalue weighted by Crippen LogP contribution is 2.38. The topological polar surface area (TPSA) is 124 Å². The van der Waals surface area contributed by atoms with Gasteiger partial charge in [-0.25, -0.2) is 4.79 Å². The van der Waals surface area contributed by atoms with Crippen molar-refractivity contribution in [3.63, 3.8) is 0 Å². The van der Waals surface area contributed by atoms with Gasteiger partial charge in [0.05, 0.1) is 11.5 Å². The van der Waals surface area contributed by atoms with Gasteiger partial charge in [0.2, 0.25) is 0 Å². The molecule has 39 heavy (non-hydrogen) atoms. The van der Waals surface area contributed by atoms with Crippen LogP contribution in [0.2, 0.25) is 10.0 Å². The lowest BCUT2D eigenvalue weighted by Crippen LogP contribution is -2.26. The lowest BCUT2D eigenvalue weighted by molar-refractivity contribution is -0.605. The molecule has 0 radical (unpaired) electrons. The molecule has 0 N–H and O–H groups in total. The Kier molecular flexibility index (Phi) is 8.87. The number of nitrogens with zero attached hydrogens (tertiary/aromatic N) is 2. The van der Waals surface area contributed by atoms with Crippen LogP contribution in [0.15, 0.2) is 54.9 Å². The van der Waals surface area contributed by atoms with Crippen molar-refractivity contribution in [2.75, 3.05) is 6.61 Å². The summed E-state index contributed by atoms with van der Waals surface area (Å²) in [7, 11) is 0. The normalized spacial score (nSPS) is 13.6. The Morgan fingerprint density at radius 1 is 1.08 bits per heavy atom. The van der Waals surface area contributed by atoms with Gasteiger partial charge in [-0.05, 0) is 48.6 Å². The summed E-state index contributed by atoms with van der Waals surface area (Å²) in [5.74, 6) is 0.0867. The fourth-order valence-corrected chi connectivity index (χ4v) is 4.13. The van der Waals surface area contributed by atoms with Crippen molar-refractivity contribution < 1.29 is 42.2 Å². The summed E-state index contributed by atoms with van der Waals surface area (Å²) < 4.78 is 47.3. The third-order valence-electron chi connectivity index (χ3n) is 5.66. The fraction of sp³-hybridized carbons (Fsp3) is 0.280. The SMILES string of the molecule is O=C(Oc1ccc([N+](=O)[O-])cc1)OC(Cc1c(Cl)c[n+]([O-])cc1Cl)c1ccc(OC(F)F)c(OCC2CC2)c1. The van der Waals surface area contributed by atoms with Crippen molar-refractivity contribution >= 4 is 35.0 Å². The van der Waals surface area contributed by atoms with Crippen LogP contribution in [-0.4, -0.2) is 24.3 Å². The van der Waals surface area contributed by atoms with Crippen molar-refractivity contribution in [2.24, 2.45) is 5.92 Å². The maximum absolute atomic E-state index is 13.0. The molecule has 1 aliphatic rings. The number of carbonyl (C=O) groups is 1. The summed E-state index contributed by atoms with van der Waals surface area (Å²) in [4.78, 5) is 22.9. The molecule has 0 spiro atoms. The molecule has 1 fully saturated rings. The number of alkyl halides is 2. The number of ether oxygens (including phenoxy) is 4. The minimum absolute atomic E-state index is 0.00213. The highest BCUT2D eigenvalue weighted by atomic mass is 35.5. The summed E-state index contributed by atoms with van der Waals surface area (Å²) in [6.45, 7) is -2.81. The molecule has 1 aromatic heterocycles. The van der Waals surface area contributed by atoms with E-state index in [1.165, 1.54) is 30.3 Å². The smallest absolute Gasteiger partial charge is 0.514 e. The fourth-order valence-electron chi connectivity index (χ4n) is 3.53. The number of halogens is 4. The molecular weight excluding hydrogens is 565 g/mol. The highest BCUT2D eigenvalue weighted by Gasteiger charge is 2.27. The van der Waals surface area contributed by atoms with Crippen molar-refractivity contribution in [1.82, 2.24) is 0 Å². The highest BCUT2D eigenvalue weighted by molar-refractivity contribution is 6.35. The second-order valence-corrected chi connectivity index (χ2v) is 9.36. The average Bonchev–Trinajstić information content (AvgIpc) is 3.69. The predicted molar refractivity (Wildman–Crippen MR) is 133 cm³/mol. The van der Waals surface area contributed by atoms with Gasteiger partial charge in [-0.1, -0.05) is 29.3 Å². The molecule has 0 bridgehead atoms. The molecule has 0 amide bonds. The van der Waals surface area contributed by atoms with E-state index in [2.05, 4.69) is 4.74 Å². The van der Waals surface area contributed by atoms with Gasteiger partial charge in [-0.2, -0.15) is 13.5 Å². The third kappa shape index (κ3) is 7.80. The van der Waals surface area contributed by atoms with Crippen LogP contribution in [-0.2, 0) is 11.2 Å². The summed E-state index contributed by atoms with van der Waals surface area (Å²) in [6, 6.07) is 8.76. The minimum Gasteiger partial charge on any atom is -0.619 e. The molecule has 1 saturated carbocycles. The van der Waals surface area contributed by atoms with Crippen LogP contribution in [0.4, 0.5) is 19.3 Å².